The van der Waals surface area contributed by atoms with Gasteiger partial charge in [-0.05, 0) is 24.3 Å². The number of benzene rings is 2. The minimum absolute atomic E-state index is 0. The fourth-order valence-corrected chi connectivity index (χ4v) is 1.77. The number of hydrogen-bond donors (Lipinski definition) is 2. The summed E-state index contributed by atoms with van der Waals surface area (Å²) in [5.74, 6) is -0.833. The number of carboxylic acids is 1. The topological polar surface area (TPSA) is 49.3 Å². The third-order valence-electron chi connectivity index (χ3n) is 2.01. The lowest BCUT2D eigenvalue weighted by Gasteiger charge is -2.09. The summed E-state index contributed by atoms with van der Waals surface area (Å²) < 4.78 is 0. The molecule has 0 fully saturated rings. The Balaban J connectivity index is 0.000000644. The van der Waals surface area contributed by atoms with Crippen LogP contribution in [0.15, 0.2) is 48.5 Å². The normalized spacial score (nSPS) is 8.75. The summed E-state index contributed by atoms with van der Waals surface area (Å²) in [5, 5.41) is 11.8. The first-order chi connectivity index (χ1) is 9.00. The maximum absolute atomic E-state index is 9.00. The SMILES string of the molecule is CC(=O)O.Cl.Clc1cccc(Cl)c1Nc1ccccc1. The molecule has 2 aromatic rings. The van der Waals surface area contributed by atoms with Crippen LogP contribution in [0.25, 0.3) is 0 Å². The number of carboxylic acid groups (broad SMARTS) is 1. The lowest BCUT2D eigenvalue weighted by Crippen LogP contribution is -1.91. The summed E-state index contributed by atoms with van der Waals surface area (Å²) in [6.07, 6.45) is 0. The van der Waals surface area contributed by atoms with E-state index in [-0.39, 0.29) is 12.4 Å². The Labute approximate surface area is 133 Å². The highest BCUT2D eigenvalue weighted by molar-refractivity contribution is 6.39. The van der Waals surface area contributed by atoms with E-state index in [1.165, 1.54) is 0 Å². The van der Waals surface area contributed by atoms with Crippen molar-refractivity contribution in [3.8, 4) is 0 Å². The number of aliphatic carboxylic acids is 1. The number of halogens is 3. The largest absolute Gasteiger partial charge is 0.481 e. The molecule has 0 bridgehead atoms. The van der Waals surface area contributed by atoms with Crippen molar-refractivity contribution in [3.05, 3.63) is 58.6 Å². The van der Waals surface area contributed by atoms with E-state index in [0.29, 0.717) is 10.0 Å². The van der Waals surface area contributed by atoms with Crippen molar-refractivity contribution in [1.82, 2.24) is 0 Å². The summed E-state index contributed by atoms with van der Waals surface area (Å²) in [5.41, 5.74) is 1.71. The summed E-state index contributed by atoms with van der Waals surface area (Å²) in [7, 11) is 0. The van der Waals surface area contributed by atoms with E-state index >= 15 is 0 Å². The van der Waals surface area contributed by atoms with Gasteiger partial charge in [-0.15, -0.1) is 12.4 Å². The maximum atomic E-state index is 9.00. The van der Waals surface area contributed by atoms with Gasteiger partial charge in [-0.3, -0.25) is 4.79 Å². The number of carbonyl (C=O) groups is 1. The maximum Gasteiger partial charge on any atom is 0.300 e. The highest BCUT2D eigenvalue weighted by Crippen LogP contribution is 2.32. The van der Waals surface area contributed by atoms with Crippen LogP contribution in [0, 0.1) is 0 Å². The van der Waals surface area contributed by atoms with E-state index in [9.17, 15) is 0 Å². The number of hydrogen-bond acceptors (Lipinski definition) is 2. The van der Waals surface area contributed by atoms with E-state index in [1.54, 1.807) is 12.1 Å². The van der Waals surface area contributed by atoms with Crippen LogP contribution in [0.1, 0.15) is 6.92 Å². The van der Waals surface area contributed by atoms with Gasteiger partial charge in [0.1, 0.15) is 0 Å². The molecule has 0 atom stereocenters. The predicted molar refractivity (Wildman–Crippen MR) is 86.7 cm³/mol. The van der Waals surface area contributed by atoms with Gasteiger partial charge in [-0.25, -0.2) is 0 Å². The standard InChI is InChI=1S/C12H9Cl2N.C2H4O2.ClH/c13-10-7-4-8-11(14)12(10)15-9-5-2-1-3-6-9;1-2(3)4;/h1-8,15H;1H3,(H,3,4);1H. The minimum atomic E-state index is -0.833. The van der Waals surface area contributed by atoms with Gasteiger partial charge in [-0.1, -0.05) is 47.5 Å². The van der Waals surface area contributed by atoms with E-state index in [4.69, 9.17) is 33.1 Å². The Morgan fingerprint density at radius 2 is 1.45 bits per heavy atom. The Morgan fingerprint density at radius 3 is 1.90 bits per heavy atom. The molecule has 0 aromatic heterocycles. The zero-order valence-corrected chi connectivity index (χ0v) is 13.0. The molecule has 0 aliphatic carbocycles. The van der Waals surface area contributed by atoms with Crippen molar-refractivity contribution in [2.75, 3.05) is 5.32 Å². The molecular formula is C14H14Cl3NO2. The Kier molecular flexibility index (Phi) is 8.81. The van der Waals surface area contributed by atoms with Crippen LogP contribution in [-0.4, -0.2) is 11.1 Å². The van der Waals surface area contributed by atoms with Crippen LogP contribution in [0.4, 0.5) is 11.4 Å². The molecule has 0 spiro atoms. The molecule has 0 radical (unpaired) electrons. The second-order valence-corrected chi connectivity index (χ2v) is 4.42. The summed E-state index contributed by atoms with van der Waals surface area (Å²) in [6, 6.07) is 15.2. The first-order valence-electron chi connectivity index (χ1n) is 5.46. The summed E-state index contributed by atoms with van der Waals surface area (Å²) in [6.45, 7) is 1.08. The first-order valence-corrected chi connectivity index (χ1v) is 6.22. The van der Waals surface area contributed by atoms with Crippen LogP contribution in [0.5, 0.6) is 0 Å². The van der Waals surface area contributed by atoms with Gasteiger partial charge in [-0.2, -0.15) is 0 Å². The predicted octanol–water partition coefficient (Wildman–Crippen LogP) is 5.25. The number of nitrogens with one attached hydrogen (secondary N) is 1. The second-order valence-electron chi connectivity index (χ2n) is 3.61. The van der Waals surface area contributed by atoms with Crippen LogP contribution in [0.3, 0.4) is 0 Å². The molecule has 0 aliphatic rings. The number of rotatable bonds is 2. The summed E-state index contributed by atoms with van der Waals surface area (Å²) in [4.78, 5) is 9.00. The molecule has 20 heavy (non-hydrogen) atoms. The van der Waals surface area contributed by atoms with Crippen LogP contribution < -0.4 is 5.32 Å². The quantitative estimate of drug-likeness (QED) is 0.788. The molecular weight excluding hydrogens is 321 g/mol. The Morgan fingerprint density at radius 1 is 1.00 bits per heavy atom. The van der Waals surface area contributed by atoms with Crippen LogP contribution in [0.2, 0.25) is 10.0 Å². The fourth-order valence-electron chi connectivity index (χ4n) is 1.28. The molecule has 108 valence electrons. The van der Waals surface area contributed by atoms with Crippen molar-refractivity contribution in [2.45, 2.75) is 6.92 Å². The molecule has 0 aliphatic heterocycles. The second kappa shape index (κ2) is 9.48. The van der Waals surface area contributed by atoms with Gasteiger partial charge < -0.3 is 10.4 Å². The third kappa shape index (κ3) is 6.66. The van der Waals surface area contributed by atoms with Gasteiger partial charge in [0.25, 0.3) is 5.97 Å². The molecule has 3 nitrogen and oxygen atoms in total. The van der Waals surface area contributed by atoms with Gasteiger partial charge in [0.05, 0.1) is 15.7 Å². The van der Waals surface area contributed by atoms with Crippen molar-refractivity contribution < 1.29 is 9.90 Å². The van der Waals surface area contributed by atoms with Gasteiger partial charge in [0.2, 0.25) is 0 Å². The molecule has 0 unspecified atom stereocenters. The van der Waals surface area contributed by atoms with Gasteiger partial charge >= 0.3 is 0 Å². The van der Waals surface area contributed by atoms with Crippen molar-refractivity contribution in [2.24, 2.45) is 0 Å². The van der Waals surface area contributed by atoms with Crippen molar-refractivity contribution in [1.29, 1.82) is 0 Å². The van der Waals surface area contributed by atoms with Gasteiger partial charge in [0, 0.05) is 12.6 Å². The smallest absolute Gasteiger partial charge is 0.300 e. The molecule has 6 heteroatoms. The average Bonchev–Trinajstić information content (AvgIpc) is 2.35. The highest BCUT2D eigenvalue weighted by Gasteiger charge is 2.04. The Bertz CT molecular complexity index is 523. The lowest BCUT2D eigenvalue weighted by atomic mass is 10.2. The zero-order valence-electron chi connectivity index (χ0n) is 10.6. The van der Waals surface area contributed by atoms with E-state index < -0.39 is 5.97 Å². The Hall–Kier alpha value is -1.42. The van der Waals surface area contributed by atoms with Crippen molar-refractivity contribution in [3.63, 3.8) is 0 Å². The molecule has 0 heterocycles. The monoisotopic (exact) mass is 333 g/mol. The minimum Gasteiger partial charge on any atom is -0.481 e. The van der Waals surface area contributed by atoms with Gasteiger partial charge in [0.15, 0.2) is 0 Å². The molecule has 0 amide bonds. The van der Waals surface area contributed by atoms with Crippen molar-refractivity contribution >= 4 is 53.0 Å². The fraction of sp³-hybridized carbons (Fsp3) is 0.0714. The van der Waals surface area contributed by atoms with Crippen LogP contribution in [-0.2, 0) is 4.79 Å². The zero-order chi connectivity index (χ0) is 14.3. The van der Waals surface area contributed by atoms with E-state index in [1.807, 2.05) is 36.4 Å². The number of para-hydroxylation sites is 2. The van der Waals surface area contributed by atoms with E-state index in [0.717, 1.165) is 18.3 Å². The first kappa shape index (κ1) is 18.6. The third-order valence-corrected chi connectivity index (χ3v) is 2.64. The highest BCUT2D eigenvalue weighted by atomic mass is 35.5. The van der Waals surface area contributed by atoms with Crippen LogP contribution >= 0.6 is 35.6 Å². The summed E-state index contributed by atoms with van der Waals surface area (Å²) >= 11 is 12.1. The van der Waals surface area contributed by atoms with E-state index in [2.05, 4.69) is 5.32 Å². The average molecular weight is 335 g/mol. The number of anilines is 2. The molecule has 2 aromatic carbocycles. The molecule has 2 N–H and O–H groups in total. The lowest BCUT2D eigenvalue weighted by molar-refractivity contribution is -0.134. The molecule has 0 saturated carbocycles. The molecule has 0 saturated heterocycles. The molecule has 2 rings (SSSR count).